The molecule has 1 unspecified atom stereocenters. The zero-order chi connectivity index (χ0) is 11.7. The van der Waals surface area contributed by atoms with E-state index in [0.29, 0.717) is 0 Å². The third-order valence-electron chi connectivity index (χ3n) is 2.92. The van der Waals surface area contributed by atoms with Gasteiger partial charge in [0, 0.05) is 16.6 Å². The van der Waals surface area contributed by atoms with Crippen LogP contribution in [0.25, 0.3) is 10.9 Å². The van der Waals surface area contributed by atoms with Gasteiger partial charge in [-0.3, -0.25) is 4.79 Å². The molecular weight excluding hydrogens is 202 g/mol. The zero-order valence-corrected chi connectivity index (χ0v) is 9.45. The van der Waals surface area contributed by atoms with E-state index in [1.54, 1.807) is 0 Å². The van der Waals surface area contributed by atoms with Crippen LogP contribution in [0.15, 0.2) is 24.3 Å². The number of rotatable bonds is 3. The third-order valence-corrected chi connectivity index (χ3v) is 2.92. The Bertz CT molecular complexity index is 528. The molecule has 1 aromatic heterocycles. The maximum absolute atomic E-state index is 10.7. The summed E-state index contributed by atoms with van der Waals surface area (Å²) in [5, 5.41) is 9.97. The number of aryl methyl sites for hydroxylation is 1. The van der Waals surface area contributed by atoms with Crippen molar-refractivity contribution in [2.24, 2.45) is 0 Å². The van der Waals surface area contributed by atoms with E-state index < -0.39 is 5.97 Å². The highest BCUT2D eigenvalue weighted by Gasteiger charge is 2.16. The number of benzene rings is 1. The Morgan fingerprint density at radius 1 is 1.44 bits per heavy atom. The van der Waals surface area contributed by atoms with E-state index in [9.17, 15) is 4.79 Å². The van der Waals surface area contributed by atoms with Gasteiger partial charge in [-0.25, -0.2) is 0 Å². The lowest BCUT2D eigenvalue weighted by molar-refractivity contribution is -0.137. The minimum atomic E-state index is -0.753. The molecule has 1 aromatic carbocycles. The molecule has 1 atom stereocenters. The Kier molecular flexibility index (Phi) is 2.69. The van der Waals surface area contributed by atoms with Gasteiger partial charge in [-0.1, -0.05) is 25.1 Å². The minimum absolute atomic E-state index is 0.0358. The summed E-state index contributed by atoms with van der Waals surface area (Å²) in [6.45, 7) is 3.95. The van der Waals surface area contributed by atoms with E-state index in [1.165, 1.54) is 0 Å². The first-order valence-corrected chi connectivity index (χ1v) is 5.38. The molecule has 0 fully saturated rings. The van der Waals surface area contributed by atoms with Crippen molar-refractivity contribution in [2.45, 2.75) is 26.2 Å². The Morgan fingerprint density at radius 3 is 2.81 bits per heavy atom. The van der Waals surface area contributed by atoms with Gasteiger partial charge in [0.2, 0.25) is 0 Å². The number of aromatic amines is 1. The Balaban J connectivity index is 2.50. The molecule has 0 radical (unpaired) electrons. The lowest BCUT2D eigenvalue weighted by Crippen LogP contribution is -2.03. The molecule has 2 rings (SSSR count). The average molecular weight is 217 g/mol. The molecule has 16 heavy (non-hydrogen) atoms. The van der Waals surface area contributed by atoms with Crippen LogP contribution in [-0.4, -0.2) is 16.1 Å². The maximum Gasteiger partial charge on any atom is 0.303 e. The average Bonchev–Trinajstić information content (AvgIpc) is 2.52. The molecule has 0 spiro atoms. The fourth-order valence-corrected chi connectivity index (χ4v) is 2.30. The quantitative estimate of drug-likeness (QED) is 0.830. The Labute approximate surface area is 94.1 Å². The summed E-state index contributed by atoms with van der Waals surface area (Å²) >= 11 is 0. The molecule has 84 valence electrons. The molecule has 0 saturated carbocycles. The van der Waals surface area contributed by atoms with Crippen molar-refractivity contribution >= 4 is 16.9 Å². The van der Waals surface area contributed by atoms with Crippen molar-refractivity contribution in [2.75, 3.05) is 0 Å². The summed E-state index contributed by atoms with van der Waals surface area (Å²) in [4.78, 5) is 14.0. The van der Waals surface area contributed by atoms with E-state index in [4.69, 9.17) is 5.11 Å². The van der Waals surface area contributed by atoms with Crippen molar-refractivity contribution in [3.63, 3.8) is 0 Å². The predicted octanol–water partition coefficient (Wildman–Crippen LogP) is 3.05. The van der Waals surface area contributed by atoms with E-state index >= 15 is 0 Å². The van der Waals surface area contributed by atoms with Crippen LogP contribution in [0.5, 0.6) is 0 Å². The van der Waals surface area contributed by atoms with Crippen LogP contribution in [-0.2, 0) is 4.79 Å². The number of carboxylic acid groups (broad SMARTS) is 1. The number of H-pyrrole nitrogens is 1. The van der Waals surface area contributed by atoms with Crippen molar-refractivity contribution < 1.29 is 9.90 Å². The number of nitrogens with one attached hydrogen (secondary N) is 1. The second kappa shape index (κ2) is 4.00. The molecule has 0 aliphatic carbocycles. The number of carbonyl (C=O) groups is 1. The number of aromatic nitrogens is 1. The van der Waals surface area contributed by atoms with Gasteiger partial charge >= 0.3 is 5.97 Å². The van der Waals surface area contributed by atoms with Crippen LogP contribution in [0.3, 0.4) is 0 Å². The molecule has 0 aliphatic heterocycles. The van der Waals surface area contributed by atoms with Gasteiger partial charge in [0.05, 0.1) is 6.42 Å². The van der Waals surface area contributed by atoms with Gasteiger partial charge in [-0.05, 0) is 24.5 Å². The van der Waals surface area contributed by atoms with E-state index in [2.05, 4.69) is 4.98 Å². The van der Waals surface area contributed by atoms with Gasteiger partial charge in [0.15, 0.2) is 0 Å². The van der Waals surface area contributed by atoms with Crippen LogP contribution in [0, 0.1) is 6.92 Å². The van der Waals surface area contributed by atoms with Gasteiger partial charge in [-0.15, -0.1) is 0 Å². The summed E-state index contributed by atoms with van der Waals surface area (Å²) in [7, 11) is 0. The predicted molar refractivity (Wildman–Crippen MR) is 63.7 cm³/mol. The van der Waals surface area contributed by atoms with Gasteiger partial charge < -0.3 is 10.1 Å². The molecule has 3 heteroatoms. The highest BCUT2D eigenvalue weighted by molar-refractivity contribution is 5.85. The Hall–Kier alpha value is -1.77. The fourth-order valence-electron chi connectivity index (χ4n) is 2.30. The number of hydrogen-bond donors (Lipinski definition) is 2. The molecule has 2 aromatic rings. The third kappa shape index (κ3) is 1.81. The summed E-state index contributed by atoms with van der Waals surface area (Å²) < 4.78 is 0. The van der Waals surface area contributed by atoms with E-state index in [0.717, 1.165) is 22.2 Å². The second-order valence-electron chi connectivity index (χ2n) is 4.21. The summed E-state index contributed by atoms with van der Waals surface area (Å²) in [5.41, 5.74) is 3.26. The van der Waals surface area contributed by atoms with Crippen LogP contribution in [0.2, 0.25) is 0 Å². The van der Waals surface area contributed by atoms with Gasteiger partial charge in [0.25, 0.3) is 0 Å². The lowest BCUT2D eigenvalue weighted by atomic mass is 9.95. The Morgan fingerprint density at radius 2 is 2.12 bits per heavy atom. The molecule has 3 nitrogen and oxygen atoms in total. The van der Waals surface area contributed by atoms with Crippen molar-refractivity contribution in [3.8, 4) is 0 Å². The number of hydrogen-bond acceptors (Lipinski definition) is 1. The fraction of sp³-hybridized carbons (Fsp3) is 0.308. The smallest absolute Gasteiger partial charge is 0.303 e. The summed E-state index contributed by atoms with van der Waals surface area (Å²) in [5.74, 6) is -0.717. The normalized spacial score (nSPS) is 12.9. The molecule has 0 aliphatic rings. The standard InChI is InChI=1S/C13H15NO2/c1-8(7-12(15)16)13-9(2)14-11-6-4-3-5-10(11)13/h3-6,8,14H,7H2,1-2H3,(H,15,16). The van der Waals surface area contributed by atoms with Crippen LogP contribution >= 0.6 is 0 Å². The van der Waals surface area contributed by atoms with E-state index in [-0.39, 0.29) is 12.3 Å². The second-order valence-corrected chi connectivity index (χ2v) is 4.21. The van der Waals surface area contributed by atoms with Crippen molar-refractivity contribution in [1.82, 2.24) is 4.98 Å². The SMILES string of the molecule is Cc1[nH]c2ccccc2c1C(C)CC(=O)O. The minimum Gasteiger partial charge on any atom is -0.481 e. The first kappa shape index (κ1) is 10.7. The maximum atomic E-state index is 10.7. The number of aliphatic carboxylic acids is 1. The van der Waals surface area contributed by atoms with Crippen LogP contribution < -0.4 is 0 Å². The van der Waals surface area contributed by atoms with Crippen LogP contribution in [0.4, 0.5) is 0 Å². The molecule has 0 bridgehead atoms. The first-order chi connectivity index (χ1) is 7.59. The van der Waals surface area contributed by atoms with Crippen molar-refractivity contribution in [3.05, 3.63) is 35.5 Å². The topological polar surface area (TPSA) is 53.1 Å². The highest BCUT2D eigenvalue weighted by Crippen LogP contribution is 2.30. The highest BCUT2D eigenvalue weighted by atomic mass is 16.4. The first-order valence-electron chi connectivity index (χ1n) is 5.38. The molecular formula is C13H15NO2. The molecule has 0 saturated heterocycles. The molecule has 0 amide bonds. The number of fused-ring (bicyclic) bond motifs is 1. The molecule has 1 heterocycles. The summed E-state index contributed by atoms with van der Waals surface area (Å²) in [6.07, 6.45) is 0.169. The largest absolute Gasteiger partial charge is 0.481 e. The van der Waals surface area contributed by atoms with Crippen LogP contribution in [0.1, 0.15) is 30.5 Å². The lowest BCUT2D eigenvalue weighted by Gasteiger charge is -2.09. The van der Waals surface area contributed by atoms with E-state index in [1.807, 2.05) is 38.1 Å². The van der Waals surface area contributed by atoms with Gasteiger partial charge in [0.1, 0.15) is 0 Å². The molecule has 2 N–H and O–H groups in total. The monoisotopic (exact) mass is 217 g/mol. The zero-order valence-electron chi connectivity index (χ0n) is 9.45. The van der Waals surface area contributed by atoms with Gasteiger partial charge in [-0.2, -0.15) is 0 Å². The number of para-hydroxylation sites is 1. The number of carboxylic acids is 1. The summed E-state index contributed by atoms with van der Waals surface area (Å²) in [6, 6.07) is 8.00. The van der Waals surface area contributed by atoms with Crippen molar-refractivity contribution in [1.29, 1.82) is 0 Å².